The highest BCUT2D eigenvalue weighted by molar-refractivity contribution is 6.05. The maximum absolute atomic E-state index is 12.9. The Labute approximate surface area is 165 Å². The number of aromatic nitrogens is 2. The monoisotopic (exact) mass is 398 g/mol. The van der Waals surface area contributed by atoms with Crippen LogP contribution in [0, 0.1) is 5.82 Å². The van der Waals surface area contributed by atoms with Gasteiger partial charge in [-0.15, -0.1) is 0 Å². The number of amides is 2. The summed E-state index contributed by atoms with van der Waals surface area (Å²) in [6.45, 7) is 3.51. The third-order valence-corrected chi connectivity index (χ3v) is 4.18. The second-order valence-electron chi connectivity index (χ2n) is 6.17. The van der Waals surface area contributed by atoms with Gasteiger partial charge in [0.05, 0.1) is 5.39 Å². The molecule has 1 unspecified atom stereocenters. The summed E-state index contributed by atoms with van der Waals surface area (Å²) in [6, 6.07) is 11.8. The first kappa shape index (κ1) is 20.0. The third-order valence-electron chi connectivity index (χ3n) is 4.18. The molecular weight excluding hydrogens is 379 g/mol. The molecule has 0 aliphatic rings. The zero-order valence-electron chi connectivity index (χ0n) is 15.8. The fourth-order valence-electron chi connectivity index (χ4n) is 2.67. The maximum Gasteiger partial charge on any atom is 0.290 e. The molecule has 3 aromatic rings. The smallest absolute Gasteiger partial charge is 0.290 e. The highest BCUT2D eigenvalue weighted by Gasteiger charge is 2.19. The van der Waals surface area contributed by atoms with E-state index in [1.807, 2.05) is 0 Å². The topological polar surface area (TPSA) is 102 Å². The van der Waals surface area contributed by atoms with E-state index < -0.39 is 23.7 Å². The van der Waals surface area contributed by atoms with Crippen molar-refractivity contribution in [3.8, 4) is 5.75 Å². The van der Waals surface area contributed by atoms with Gasteiger partial charge in [-0.1, -0.05) is 18.2 Å². The number of aryl methyl sites for hydroxylation is 1. The highest BCUT2D eigenvalue weighted by atomic mass is 19.1. The van der Waals surface area contributed by atoms with E-state index in [2.05, 4.69) is 16.0 Å². The molecule has 2 amide bonds. The van der Waals surface area contributed by atoms with Gasteiger partial charge in [-0.2, -0.15) is 5.10 Å². The van der Waals surface area contributed by atoms with Crippen molar-refractivity contribution in [2.24, 2.45) is 0 Å². The Balaban J connectivity index is 1.72. The first-order valence-electron chi connectivity index (χ1n) is 8.93. The standard InChI is InChI=1S/C20H19FN4O4/c1-3-25-20(28)16-7-5-4-6-15(16)17(24-25)19(27)23-22-18(26)12(2)29-14-10-8-13(21)9-11-14/h4-12H,3H2,1-2H3,(H,22,26)(H,23,27). The lowest BCUT2D eigenvalue weighted by molar-refractivity contribution is -0.128. The van der Waals surface area contributed by atoms with Gasteiger partial charge in [0.2, 0.25) is 0 Å². The minimum absolute atomic E-state index is 0.00876. The van der Waals surface area contributed by atoms with Gasteiger partial charge in [-0.3, -0.25) is 25.2 Å². The van der Waals surface area contributed by atoms with Crippen molar-refractivity contribution >= 4 is 22.6 Å². The average molecular weight is 398 g/mol. The number of carbonyl (C=O) groups is 2. The summed E-state index contributed by atoms with van der Waals surface area (Å²) in [4.78, 5) is 37.1. The van der Waals surface area contributed by atoms with Crippen molar-refractivity contribution < 1.29 is 18.7 Å². The highest BCUT2D eigenvalue weighted by Crippen LogP contribution is 2.14. The maximum atomic E-state index is 12.9. The zero-order valence-corrected chi connectivity index (χ0v) is 15.8. The first-order valence-corrected chi connectivity index (χ1v) is 8.93. The van der Waals surface area contributed by atoms with E-state index in [4.69, 9.17) is 4.74 Å². The predicted octanol–water partition coefficient (Wildman–Crippen LogP) is 1.78. The van der Waals surface area contributed by atoms with Crippen LogP contribution in [-0.4, -0.2) is 27.7 Å². The summed E-state index contributed by atoms with van der Waals surface area (Å²) < 4.78 is 19.5. The van der Waals surface area contributed by atoms with Gasteiger partial charge in [0.1, 0.15) is 11.6 Å². The Hall–Kier alpha value is -3.75. The molecule has 0 bridgehead atoms. The molecule has 8 nitrogen and oxygen atoms in total. The van der Waals surface area contributed by atoms with Crippen LogP contribution in [0.4, 0.5) is 4.39 Å². The third kappa shape index (κ3) is 4.40. The average Bonchev–Trinajstić information content (AvgIpc) is 2.73. The molecule has 0 spiro atoms. The van der Waals surface area contributed by atoms with E-state index in [0.29, 0.717) is 23.1 Å². The van der Waals surface area contributed by atoms with Gasteiger partial charge in [0.15, 0.2) is 11.8 Å². The molecule has 3 rings (SSSR count). The normalized spacial score (nSPS) is 11.7. The van der Waals surface area contributed by atoms with Crippen LogP contribution < -0.4 is 21.1 Å². The number of nitrogens with zero attached hydrogens (tertiary/aromatic N) is 2. The minimum Gasteiger partial charge on any atom is -0.481 e. The Morgan fingerprint density at radius 2 is 1.76 bits per heavy atom. The van der Waals surface area contributed by atoms with E-state index in [1.165, 1.54) is 35.9 Å². The number of hydrogen-bond acceptors (Lipinski definition) is 5. The lowest BCUT2D eigenvalue weighted by Crippen LogP contribution is -2.47. The molecular formula is C20H19FN4O4. The van der Waals surface area contributed by atoms with Gasteiger partial charge in [-0.05, 0) is 44.2 Å². The van der Waals surface area contributed by atoms with Gasteiger partial charge >= 0.3 is 0 Å². The van der Waals surface area contributed by atoms with E-state index in [-0.39, 0.29) is 11.3 Å². The zero-order chi connectivity index (χ0) is 21.0. The molecule has 2 aromatic carbocycles. The molecule has 0 saturated carbocycles. The Morgan fingerprint density at radius 3 is 2.41 bits per heavy atom. The number of hydrazine groups is 1. The van der Waals surface area contributed by atoms with E-state index >= 15 is 0 Å². The molecule has 1 atom stereocenters. The van der Waals surface area contributed by atoms with Crippen molar-refractivity contribution in [2.75, 3.05) is 0 Å². The van der Waals surface area contributed by atoms with Crippen LogP contribution in [0.5, 0.6) is 5.75 Å². The minimum atomic E-state index is -0.949. The summed E-state index contributed by atoms with van der Waals surface area (Å²) >= 11 is 0. The quantitative estimate of drug-likeness (QED) is 0.638. The number of carbonyl (C=O) groups excluding carboxylic acids is 2. The summed E-state index contributed by atoms with van der Waals surface area (Å²) in [5.41, 5.74) is 4.25. The molecule has 0 fully saturated rings. The molecule has 0 saturated heterocycles. The summed E-state index contributed by atoms with van der Waals surface area (Å²) in [7, 11) is 0. The SMILES string of the molecule is CCn1nc(C(=O)NNC(=O)C(C)Oc2ccc(F)cc2)c2ccccc2c1=O. The second kappa shape index (κ2) is 8.51. The number of fused-ring (bicyclic) bond motifs is 1. The van der Waals surface area contributed by atoms with E-state index in [0.717, 1.165) is 0 Å². The Morgan fingerprint density at radius 1 is 1.10 bits per heavy atom. The van der Waals surface area contributed by atoms with Crippen LogP contribution in [0.1, 0.15) is 24.3 Å². The molecule has 1 aromatic heterocycles. The Kier molecular flexibility index (Phi) is 5.87. The van der Waals surface area contributed by atoms with Crippen molar-refractivity contribution in [1.29, 1.82) is 0 Å². The molecule has 0 aliphatic carbocycles. The second-order valence-corrected chi connectivity index (χ2v) is 6.17. The molecule has 29 heavy (non-hydrogen) atoms. The fourth-order valence-corrected chi connectivity index (χ4v) is 2.67. The molecule has 1 heterocycles. The van der Waals surface area contributed by atoms with E-state index in [9.17, 15) is 18.8 Å². The molecule has 0 radical (unpaired) electrons. The van der Waals surface area contributed by atoms with Crippen molar-refractivity contribution in [3.05, 3.63) is 70.4 Å². The van der Waals surface area contributed by atoms with Gasteiger partial charge in [0.25, 0.3) is 17.4 Å². The molecule has 9 heteroatoms. The molecule has 0 aliphatic heterocycles. The van der Waals surface area contributed by atoms with Crippen molar-refractivity contribution in [3.63, 3.8) is 0 Å². The van der Waals surface area contributed by atoms with Crippen molar-refractivity contribution in [1.82, 2.24) is 20.6 Å². The first-order chi connectivity index (χ1) is 13.9. The number of benzene rings is 2. The number of nitrogens with one attached hydrogen (secondary N) is 2. The number of halogens is 1. The fraction of sp³-hybridized carbons (Fsp3) is 0.200. The number of ether oxygens (including phenoxy) is 1. The van der Waals surface area contributed by atoms with Crippen LogP contribution in [-0.2, 0) is 11.3 Å². The summed E-state index contributed by atoms with van der Waals surface area (Å²) in [6.07, 6.45) is -0.949. The van der Waals surface area contributed by atoms with Crippen LogP contribution in [0.15, 0.2) is 53.3 Å². The summed E-state index contributed by atoms with van der Waals surface area (Å²) in [5, 5.41) is 4.83. The van der Waals surface area contributed by atoms with E-state index in [1.54, 1.807) is 31.2 Å². The van der Waals surface area contributed by atoms with Crippen LogP contribution in [0.2, 0.25) is 0 Å². The van der Waals surface area contributed by atoms with Gasteiger partial charge in [-0.25, -0.2) is 9.07 Å². The lowest BCUT2D eigenvalue weighted by Gasteiger charge is -2.15. The van der Waals surface area contributed by atoms with Crippen molar-refractivity contribution in [2.45, 2.75) is 26.5 Å². The van der Waals surface area contributed by atoms with Crippen LogP contribution in [0.25, 0.3) is 10.8 Å². The van der Waals surface area contributed by atoms with Gasteiger partial charge in [0, 0.05) is 11.9 Å². The van der Waals surface area contributed by atoms with Crippen LogP contribution in [0.3, 0.4) is 0 Å². The molecule has 2 N–H and O–H groups in total. The number of hydrogen-bond donors (Lipinski definition) is 2. The summed E-state index contributed by atoms with van der Waals surface area (Å²) in [5.74, 6) is -1.40. The largest absolute Gasteiger partial charge is 0.481 e. The van der Waals surface area contributed by atoms with Crippen LogP contribution >= 0.6 is 0 Å². The lowest BCUT2D eigenvalue weighted by atomic mass is 10.1. The molecule has 150 valence electrons. The Bertz CT molecular complexity index is 1110. The number of rotatable bonds is 5. The predicted molar refractivity (Wildman–Crippen MR) is 104 cm³/mol. The van der Waals surface area contributed by atoms with Gasteiger partial charge < -0.3 is 4.74 Å².